The van der Waals surface area contributed by atoms with Gasteiger partial charge in [-0.1, -0.05) is 0 Å². The summed E-state index contributed by atoms with van der Waals surface area (Å²) in [4.78, 5) is 8.84. The summed E-state index contributed by atoms with van der Waals surface area (Å²) in [6, 6.07) is 5.35. The largest absolute Gasteiger partial charge is 0.471 e. The third-order valence-corrected chi connectivity index (χ3v) is 3.89. The summed E-state index contributed by atoms with van der Waals surface area (Å²) < 4.78 is 40.0. The fourth-order valence-electron chi connectivity index (χ4n) is 2.73. The Morgan fingerprint density at radius 3 is 2.68 bits per heavy atom. The van der Waals surface area contributed by atoms with Gasteiger partial charge in [0.25, 0.3) is 0 Å². The van der Waals surface area contributed by atoms with Gasteiger partial charge in [-0.15, -0.1) is 12.4 Å². The van der Waals surface area contributed by atoms with Crippen LogP contribution >= 0.6 is 0 Å². The van der Waals surface area contributed by atoms with Crippen molar-refractivity contribution in [3.8, 4) is 0 Å². The Balaban J connectivity index is 1.61. The van der Waals surface area contributed by atoms with Crippen LogP contribution in [0.15, 0.2) is 30.6 Å². The third kappa shape index (κ3) is 3.40. The molecule has 0 aromatic carbocycles. The van der Waals surface area contributed by atoms with Gasteiger partial charge in [-0.05, 0) is 24.8 Å². The van der Waals surface area contributed by atoms with E-state index >= 15 is 0 Å². The Kier molecular flexibility index (Phi) is 4.04. The Labute approximate surface area is 126 Å². The second-order valence-corrected chi connectivity index (χ2v) is 5.46. The SMILES string of the molecule is FC(F)(F)c1nccc(N2CCC(Cn3[c-]ccc3)CC2)n1. The van der Waals surface area contributed by atoms with Gasteiger partial charge in [0.2, 0.25) is 5.82 Å². The third-order valence-electron chi connectivity index (χ3n) is 3.89. The van der Waals surface area contributed by atoms with Crippen LogP contribution < -0.4 is 4.90 Å². The molecule has 3 heterocycles. The summed E-state index contributed by atoms with van der Waals surface area (Å²) in [6.45, 7) is 2.32. The molecule has 0 aliphatic carbocycles. The molecule has 2 aromatic heterocycles. The van der Waals surface area contributed by atoms with Gasteiger partial charge in [0, 0.05) is 25.8 Å². The highest BCUT2D eigenvalue weighted by Crippen LogP contribution is 2.28. The van der Waals surface area contributed by atoms with E-state index in [0.29, 0.717) is 24.8 Å². The van der Waals surface area contributed by atoms with Gasteiger partial charge in [0.15, 0.2) is 0 Å². The lowest BCUT2D eigenvalue weighted by Gasteiger charge is -2.33. The van der Waals surface area contributed by atoms with E-state index < -0.39 is 12.0 Å². The molecule has 0 saturated carbocycles. The molecule has 22 heavy (non-hydrogen) atoms. The van der Waals surface area contributed by atoms with Crippen LogP contribution in [0.4, 0.5) is 19.0 Å². The lowest BCUT2D eigenvalue weighted by Crippen LogP contribution is -2.35. The maximum Gasteiger partial charge on any atom is 0.451 e. The van der Waals surface area contributed by atoms with E-state index in [9.17, 15) is 13.2 Å². The van der Waals surface area contributed by atoms with Crippen molar-refractivity contribution in [3.05, 3.63) is 42.6 Å². The summed E-state index contributed by atoms with van der Waals surface area (Å²) in [7, 11) is 0. The minimum Gasteiger partial charge on any atom is -0.471 e. The maximum atomic E-state index is 12.7. The molecule has 0 atom stereocenters. The van der Waals surface area contributed by atoms with Gasteiger partial charge in [-0.25, -0.2) is 9.97 Å². The van der Waals surface area contributed by atoms with E-state index in [1.165, 1.54) is 12.3 Å². The standard InChI is InChI=1S/C15H16F3N4/c16-15(17,18)14-19-6-3-13(20-14)22-9-4-12(5-10-22)11-21-7-1-2-8-21/h1-3,6-7,12H,4-5,9-11H2/q-1. The number of hydrogen-bond donors (Lipinski definition) is 0. The van der Waals surface area contributed by atoms with Crippen molar-refractivity contribution in [3.63, 3.8) is 0 Å². The molecule has 0 amide bonds. The van der Waals surface area contributed by atoms with Crippen molar-refractivity contribution in [2.75, 3.05) is 18.0 Å². The molecule has 0 unspecified atom stereocenters. The highest BCUT2D eigenvalue weighted by molar-refractivity contribution is 5.38. The summed E-state index contributed by atoms with van der Waals surface area (Å²) >= 11 is 0. The molecule has 118 valence electrons. The Morgan fingerprint density at radius 1 is 1.27 bits per heavy atom. The molecule has 0 spiro atoms. The van der Waals surface area contributed by atoms with Crippen LogP contribution in [0.1, 0.15) is 18.7 Å². The summed E-state index contributed by atoms with van der Waals surface area (Å²) in [6.07, 6.45) is 3.61. The molecule has 0 bridgehead atoms. The molecular weight excluding hydrogens is 293 g/mol. The number of aromatic nitrogens is 3. The number of hydrogen-bond acceptors (Lipinski definition) is 3. The first-order valence-electron chi connectivity index (χ1n) is 7.20. The van der Waals surface area contributed by atoms with Crippen molar-refractivity contribution in [2.24, 2.45) is 5.92 Å². The lowest BCUT2D eigenvalue weighted by atomic mass is 9.97. The summed E-state index contributed by atoms with van der Waals surface area (Å²) in [5, 5.41) is 0. The predicted molar refractivity (Wildman–Crippen MR) is 75.2 cm³/mol. The fraction of sp³-hybridized carbons (Fsp3) is 0.467. The van der Waals surface area contributed by atoms with E-state index in [4.69, 9.17) is 0 Å². The van der Waals surface area contributed by atoms with E-state index in [2.05, 4.69) is 16.2 Å². The van der Waals surface area contributed by atoms with Gasteiger partial charge < -0.3 is 9.47 Å². The van der Waals surface area contributed by atoms with Gasteiger partial charge in [0.1, 0.15) is 5.82 Å². The van der Waals surface area contributed by atoms with Crippen molar-refractivity contribution in [1.82, 2.24) is 14.5 Å². The number of nitrogens with zero attached hydrogens (tertiary/aromatic N) is 4. The molecule has 1 fully saturated rings. The topological polar surface area (TPSA) is 34.0 Å². The molecule has 3 rings (SSSR count). The molecule has 1 saturated heterocycles. The minimum absolute atomic E-state index is 0.355. The van der Waals surface area contributed by atoms with Crippen LogP contribution in [-0.2, 0) is 12.7 Å². The number of rotatable bonds is 3. The van der Waals surface area contributed by atoms with Crippen molar-refractivity contribution in [1.29, 1.82) is 0 Å². The van der Waals surface area contributed by atoms with Crippen molar-refractivity contribution in [2.45, 2.75) is 25.6 Å². The highest BCUT2D eigenvalue weighted by Gasteiger charge is 2.35. The lowest BCUT2D eigenvalue weighted by molar-refractivity contribution is -0.144. The van der Waals surface area contributed by atoms with Crippen LogP contribution in [0.2, 0.25) is 0 Å². The molecule has 0 N–H and O–H groups in total. The first kappa shape index (κ1) is 14.9. The average Bonchev–Trinajstić information content (AvgIpc) is 3.00. The first-order valence-corrected chi connectivity index (χ1v) is 7.20. The number of anilines is 1. The highest BCUT2D eigenvalue weighted by atomic mass is 19.4. The Bertz CT molecular complexity index is 602. The quantitative estimate of drug-likeness (QED) is 0.817. The van der Waals surface area contributed by atoms with Crippen molar-refractivity contribution >= 4 is 5.82 Å². The summed E-state index contributed by atoms with van der Waals surface area (Å²) in [5.41, 5.74) is 0. The molecule has 1 aliphatic rings. The smallest absolute Gasteiger partial charge is 0.451 e. The molecule has 1 aliphatic heterocycles. The van der Waals surface area contributed by atoms with Crippen LogP contribution in [0.3, 0.4) is 0 Å². The summed E-state index contributed by atoms with van der Waals surface area (Å²) in [5.74, 6) is -0.203. The zero-order chi connectivity index (χ0) is 15.6. The van der Waals surface area contributed by atoms with Gasteiger partial charge >= 0.3 is 6.18 Å². The second kappa shape index (κ2) is 5.98. The van der Waals surface area contributed by atoms with Gasteiger partial charge in [-0.2, -0.15) is 25.3 Å². The van der Waals surface area contributed by atoms with Gasteiger partial charge in [-0.3, -0.25) is 0 Å². The minimum atomic E-state index is -4.50. The zero-order valence-electron chi connectivity index (χ0n) is 11.9. The van der Waals surface area contributed by atoms with Crippen LogP contribution in [-0.4, -0.2) is 27.6 Å². The van der Waals surface area contributed by atoms with E-state index in [-0.39, 0.29) is 0 Å². The molecule has 2 aromatic rings. The average molecular weight is 309 g/mol. The van der Waals surface area contributed by atoms with E-state index in [1.807, 2.05) is 27.8 Å². The van der Waals surface area contributed by atoms with E-state index in [1.54, 1.807) is 0 Å². The van der Waals surface area contributed by atoms with E-state index in [0.717, 1.165) is 19.4 Å². The molecular formula is C15H16F3N4-. The van der Waals surface area contributed by atoms with Crippen LogP contribution in [0, 0.1) is 12.1 Å². The van der Waals surface area contributed by atoms with Crippen molar-refractivity contribution < 1.29 is 13.2 Å². The molecule has 7 heteroatoms. The second-order valence-electron chi connectivity index (χ2n) is 5.46. The Hall–Kier alpha value is -2.05. The van der Waals surface area contributed by atoms with Crippen LogP contribution in [0.5, 0.6) is 0 Å². The molecule has 0 radical (unpaired) electrons. The Morgan fingerprint density at radius 2 is 2.05 bits per heavy atom. The fourth-order valence-corrected chi connectivity index (χ4v) is 2.73. The normalized spacial score (nSPS) is 17.0. The zero-order valence-corrected chi connectivity index (χ0v) is 11.9. The predicted octanol–water partition coefficient (Wildman–Crippen LogP) is 3.01. The number of alkyl halides is 3. The van der Waals surface area contributed by atoms with Crippen LogP contribution in [0.25, 0.3) is 0 Å². The monoisotopic (exact) mass is 309 g/mol. The maximum absolute atomic E-state index is 12.7. The molecule has 4 nitrogen and oxygen atoms in total. The van der Waals surface area contributed by atoms with Gasteiger partial charge in [0.05, 0.1) is 0 Å². The number of piperidine rings is 1. The first-order chi connectivity index (χ1) is 10.5. The number of halogens is 3.